The molecule has 0 atom stereocenters. The molecule has 0 amide bonds. The van der Waals surface area contributed by atoms with Crippen LogP contribution in [0.5, 0.6) is 0 Å². The number of hydrogen-bond donors (Lipinski definition) is 0. The molecule has 0 nitrogen and oxygen atoms in total. The lowest BCUT2D eigenvalue weighted by molar-refractivity contribution is 1.42. The highest BCUT2D eigenvalue weighted by molar-refractivity contribution is 7.99. The molecule has 0 spiro atoms. The maximum absolute atomic E-state index is 5.92. The van der Waals surface area contributed by atoms with Crippen molar-refractivity contribution in [3.63, 3.8) is 0 Å². The summed E-state index contributed by atoms with van der Waals surface area (Å²) in [6, 6.07) is 7.53. The molecule has 0 aliphatic rings. The van der Waals surface area contributed by atoms with Gasteiger partial charge in [-0.3, -0.25) is 0 Å². The smallest absolute Gasteiger partial charge is 0.0968 e. The molecule has 0 saturated heterocycles. The molecular formula is C14H13Cl5S3. The Morgan fingerprint density at radius 1 is 0.864 bits per heavy atom. The van der Waals surface area contributed by atoms with Gasteiger partial charge in [-0.15, -0.1) is 58.1 Å². The average Bonchev–Trinajstić information content (AvgIpc) is 2.90. The number of thiophene rings is 1. The van der Waals surface area contributed by atoms with Crippen LogP contribution < -0.4 is 0 Å². The van der Waals surface area contributed by atoms with Crippen LogP contribution in [0.2, 0.25) is 14.4 Å². The Balaban J connectivity index is 0.000000224. The molecule has 22 heavy (non-hydrogen) atoms. The maximum atomic E-state index is 5.92. The third-order valence-corrected chi connectivity index (χ3v) is 6.48. The molecule has 0 aliphatic heterocycles. The molecule has 2 rings (SSSR count). The van der Waals surface area contributed by atoms with Gasteiger partial charge in [0.15, 0.2) is 0 Å². The van der Waals surface area contributed by atoms with Crippen molar-refractivity contribution in [1.29, 1.82) is 0 Å². The van der Waals surface area contributed by atoms with E-state index in [0.29, 0.717) is 20.5 Å². The molecule has 1 heterocycles. The van der Waals surface area contributed by atoms with Crippen molar-refractivity contribution in [2.45, 2.75) is 11.5 Å². The van der Waals surface area contributed by atoms with Crippen LogP contribution in [0.4, 0.5) is 0 Å². The third-order valence-electron chi connectivity index (χ3n) is 2.38. The number of benzene rings is 1. The highest BCUT2D eigenvalue weighted by atomic mass is 35.5. The second kappa shape index (κ2) is 12.4. The van der Waals surface area contributed by atoms with Gasteiger partial charge in [-0.1, -0.05) is 40.9 Å². The van der Waals surface area contributed by atoms with E-state index in [1.165, 1.54) is 5.56 Å². The van der Waals surface area contributed by atoms with Crippen LogP contribution in [0.15, 0.2) is 29.6 Å². The van der Waals surface area contributed by atoms with E-state index in [9.17, 15) is 0 Å². The summed E-state index contributed by atoms with van der Waals surface area (Å²) >= 11 is 33.4. The van der Waals surface area contributed by atoms with Gasteiger partial charge in [0.1, 0.15) is 0 Å². The molecule has 0 fully saturated rings. The van der Waals surface area contributed by atoms with E-state index in [-0.39, 0.29) is 0 Å². The van der Waals surface area contributed by atoms with Crippen LogP contribution in [0.3, 0.4) is 0 Å². The summed E-state index contributed by atoms with van der Waals surface area (Å²) in [5, 5.41) is 4.58. The molecule has 0 bridgehead atoms. The Hall–Kier alpha value is 1.07. The quantitative estimate of drug-likeness (QED) is 0.403. The fourth-order valence-corrected chi connectivity index (χ4v) is 4.56. The van der Waals surface area contributed by atoms with Crippen molar-refractivity contribution < 1.29 is 0 Å². The first-order chi connectivity index (χ1) is 10.6. The zero-order valence-electron chi connectivity index (χ0n) is 11.3. The van der Waals surface area contributed by atoms with Crippen LogP contribution in [-0.4, -0.2) is 10.4 Å². The first-order valence-electron chi connectivity index (χ1n) is 6.01. The molecular weight excluding hydrogens is 442 g/mol. The monoisotopic (exact) mass is 452 g/mol. The van der Waals surface area contributed by atoms with Gasteiger partial charge >= 0.3 is 0 Å². The minimum Gasteiger partial charge on any atom is -0.141 e. The number of hydrogen-bond acceptors (Lipinski definition) is 3. The lowest BCUT2D eigenvalue weighted by Gasteiger charge is -2.02. The normalized spacial score (nSPS) is 10.2. The predicted molar refractivity (Wildman–Crippen MR) is 110 cm³/mol. The van der Waals surface area contributed by atoms with Gasteiger partial charge in [0.05, 0.1) is 14.8 Å². The molecule has 1 aromatic heterocycles. The third kappa shape index (κ3) is 8.25. The van der Waals surface area contributed by atoms with E-state index in [4.69, 9.17) is 58.0 Å². The van der Waals surface area contributed by atoms with Gasteiger partial charge in [0, 0.05) is 21.6 Å². The first kappa shape index (κ1) is 21.1. The molecule has 0 unspecified atom stereocenters. The van der Waals surface area contributed by atoms with Gasteiger partial charge < -0.3 is 0 Å². The Bertz CT molecular complexity index is 559. The molecule has 0 saturated carbocycles. The molecule has 2 aromatic rings. The first-order valence-corrected chi connectivity index (χ1v) is 11.4. The van der Waals surface area contributed by atoms with Gasteiger partial charge in [0.25, 0.3) is 0 Å². The zero-order valence-corrected chi connectivity index (χ0v) is 17.6. The van der Waals surface area contributed by atoms with E-state index >= 15 is 0 Å². The molecule has 0 aliphatic carbocycles. The van der Waals surface area contributed by atoms with Crippen molar-refractivity contribution in [2.75, 3.05) is 10.4 Å². The summed E-state index contributed by atoms with van der Waals surface area (Å²) in [5.74, 6) is 1.76. The second-order valence-electron chi connectivity index (χ2n) is 3.87. The summed E-state index contributed by atoms with van der Waals surface area (Å²) in [6.45, 7) is 0. The Morgan fingerprint density at radius 2 is 1.50 bits per heavy atom. The van der Waals surface area contributed by atoms with Crippen LogP contribution in [0.25, 0.3) is 0 Å². The number of halogens is 5. The Morgan fingerprint density at radius 3 is 2.00 bits per heavy atom. The van der Waals surface area contributed by atoms with E-state index in [1.54, 1.807) is 40.9 Å². The molecule has 0 radical (unpaired) electrons. The van der Waals surface area contributed by atoms with Crippen molar-refractivity contribution >= 4 is 92.9 Å². The van der Waals surface area contributed by atoms with Gasteiger partial charge in [-0.25, -0.2) is 0 Å². The second-order valence-corrected chi connectivity index (χ2v) is 9.37. The van der Waals surface area contributed by atoms with Crippen molar-refractivity contribution in [1.82, 2.24) is 0 Å². The number of thioether (sulfide) groups is 2. The van der Waals surface area contributed by atoms with Gasteiger partial charge in [-0.05, 0) is 34.7 Å². The zero-order chi connectivity index (χ0) is 16.4. The van der Waals surface area contributed by atoms with Gasteiger partial charge in [0.2, 0.25) is 0 Å². The largest absolute Gasteiger partial charge is 0.141 e. The molecule has 0 N–H and O–H groups in total. The molecule has 8 heteroatoms. The highest BCUT2D eigenvalue weighted by Gasteiger charge is 2.00. The number of alkyl halides is 2. The highest BCUT2D eigenvalue weighted by Crippen LogP contribution is 2.26. The summed E-state index contributed by atoms with van der Waals surface area (Å²) < 4.78 is 0.887. The SMILES string of the molecule is ClCSCc1ccc(Cl)cc1Cl.ClCSCc1ccsc1Cl. The van der Waals surface area contributed by atoms with Gasteiger partial charge in [-0.2, -0.15) is 0 Å². The Kier molecular flexibility index (Phi) is 11.9. The minimum atomic E-state index is 0.582. The maximum Gasteiger partial charge on any atom is 0.0968 e. The van der Waals surface area contributed by atoms with Crippen molar-refractivity contribution in [2.24, 2.45) is 0 Å². The fraction of sp³-hybridized carbons (Fsp3) is 0.286. The molecule has 122 valence electrons. The fourth-order valence-electron chi connectivity index (χ4n) is 1.36. The molecule has 1 aromatic carbocycles. The standard InChI is InChI=1S/C8H7Cl3S.C6H6Cl2S2/c9-5-12-4-6-1-2-7(10)3-8(6)11;7-4-9-3-5-1-2-10-6(5)8/h1-3H,4-5H2;1-2H,3-4H2. The van der Waals surface area contributed by atoms with Crippen LogP contribution >= 0.6 is 92.9 Å². The number of rotatable bonds is 6. The summed E-state index contributed by atoms with van der Waals surface area (Å²) in [4.78, 5) is 0. The van der Waals surface area contributed by atoms with Crippen LogP contribution in [-0.2, 0) is 11.5 Å². The minimum absolute atomic E-state index is 0.582. The van der Waals surface area contributed by atoms with Crippen molar-refractivity contribution in [3.8, 4) is 0 Å². The summed E-state index contributed by atoms with van der Waals surface area (Å²) in [7, 11) is 0. The predicted octanol–water partition coefficient (Wildman–Crippen LogP) is 8.25. The van der Waals surface area contributed by atoms with E-state index < -0.39 is 0 Å². The van der Waals surface area contributed by atoms with Crippen molar-refractivity contribution in [3.05, 3.63) is 55.2 Å². The summed E-state index contributed by atoms with van der Waals surface area (Å²) in [6.07, 6.45) is 0. The van der Waals surface area contributed by atoms with E-state index in [0.717, 1.165) is 21.4 Å². The average molecular weight is 455 g/mol. The van der Waals surface area contributed by atoms with E-state index in [2.05, 4.69) is 0 Å². The van der Waals surface area contributed by atoms with Crippen LogP contribution in [0.1, 0.15) is 11.1 Å². The van der Waals surface area contributed by atoms with Crippen LogP contribution in [0, 0.1) is 0 Å². The Labute approximate surface area is 168 Å². The summed E-state index contributed by atoms with van der Waals surface area (Å²) in [5.41, 5.74) is 2.27. The lowest BCUT2D eigenvalue weighted by Crippen LogP contribution is -1.81. The topological polar surface area (TPSA) is 0 Å². The van der Waals surface area contributed by atoms with E-state index in [1.807, 2.05) is 23.6 Å². The lowest BCUT2D eigenvalue weighted by atomic mass is 10.2.